The molecular weight excluding hydrogens is 556 g/mol. The van der Waals surface area contributed by atoms with Crippen molar-refractivity contribution in [2.75, 3.05) is 12.4 Å². The molecule has 43 heavy (non-hydrogen) atoms. The molecule has 1 aliphatic heterocycles. The number of nitrogens with one attached hydrogen (secondary N) is 1. The number of para-hydroxylation sites is 1. The minimum atomic E-state index is -0.660. The SMILES string of the molecule is COc1ccc([C@H]2C(C(=O)Nc3ccc(C)cc3C)=C(C)N=c3s/c(=C\c4cn(C(C)C)c5ccccc45)c(=O)n32)cc1. The lowest BCUT2D eigenvalue weighted by molar-refractivity contribution is -0.113. The lowest BCUT2D eigenvalue weighted by Crippen LogP contribution is -2.40. The van der Waals surface area contributed by atoms with E-state index >= 15 is 0 Å². The number of ether oxygens (including phenoxy) is 1. The van der Waals surface area contributed by atoms with Gasteiger partial charge in [0.15, 0.2) is 4.80 Å². The zero-order valence-corrected chi connectivity index (χ0v) is 26.0. The number of amides is 1. The van der Waals surface area contributed by atoms with Crippen molar-refractivity contribution in [2.24, 2.45) is 4.99 Å². The van der Waals surface area contributed by atoms with E-state index in [1.165, 1.54) is 11.3 Å². The Morgan fingerprint density at radius 1 is 1.05 bits per heavy atom. The smallest absolute Gasteiger partial charge is 0.271 e. The molecule has 1 amide bonds. The molecule has 5 aromatic rings. The first-order valence-electron chi connectivity index (χ1n) is 14.3. The molecular formula is C35H34N4O3S. The third kappa shape index (κ3) is 5.12. The highest BCUT2D eigenvalue weighted by atomic mass is 32.1. The first kappa shape index (κ1) is 28.4. The Balaban J connectivity index is 1.52. The number of benzene rings is 3. The minimum absolute atomic E-state index is 0.185. The van der Waals surface area contributed by atoms with Gasteiger partial charge in [0.1, 0.15) is 5.75 Å². The molecule has 0 aliphatic carbocycles. The molecule has 3 aromatic carbocycles. The fraction of sp³-hybridized carbons (Fsp3) is 0.229. The van der Waals surface area contributed by atoms with Crippen LogP contribution in [0.3, 0.4) is 0 Å². The van der Waals surface area contributed by atoms with E-state index in [1.807, 2.05) is 81.4 Å². The molecule has 0 bridgehead atoms. The van der Waals surface area contributed by atoms with Crippen molar-refractivity contribution >= 4 is 39.9 Å². The van der Waals surface area contributed by atoms with E-state index in [0.29, 0.717) is 26.4 Å². The predicted molar refractivity (Wildman–Crippen MR) is 174 cm³/mol. The van der Waals surface area contributed by atoms with Gasteiger partial charge in [-0.05, 0) is 76.1 Å². The van der Waals surface area contributed by atoms with Gasteiger partial charge in [-0.1, -0.05) is 59.4 Å². The van der Waals surface area contributed by atoms with E-state index in [-0.39, 0.29) is 17.5 Å². The number of allylic oxidation sites excluding steroid dienone is 1. The quantitative estimate of drug-likeness (QED) is 0.262. The molecule has 0 saturated carbocycles. The summed E-state index contributed by atoms with van der Waals surface area (Å²) in [6, 6.07) is 21.2. The van der Waals surface area contributed by atoms with Crippen LogP contribution >= 0.6 is 11.3 Å². The molecule has 1 atom stereocenters. The molecule has 0 radical (unpaired) electrons. The average Bonchev–Trinajstić information content (AvgIpc) is 3.51. The lowest BCUT2D eigenvalue weighted by Gasteiger charge is -2.25. The van der Waals surface area contributed by atoms with E-state index in [4.69, 9.17) is 9.73 Å². The van der Waals surface area contributed by atoms with Gasteiger partial charge < -0.3 is 14.6 Å². The second-order valence-corrected chi connectivity index (χ2v) is 12.2. The van der Waals surface area contributed by atoms with Crippen molar-refractivity contribution in [1.82, 2.24) is 9.13 Å². The normalized spacial score (nSPS) is 15.1. The Kier molecular flexibility index (Phi) is 7.40. The van der Waals surface area contributed by atoms with Gasteiger partial charge in [0.05, 0.1) is 29.0 Å². The summed E-state index contributed by atoms with van der Waals surface area (Å²) in [7, 11) is 1.61. The van der Waals surface area contributed by atoms with Crippen LogP contribution in [0, 0.1) is 13.8 Å². The van der Waals surface area contributed by atoms with Crippen molar-refractivity contribution in [1.29, 1.82) is 0 Å². The average molecular weight is 591 g/mol. The maximum Gasteiger partial charge on any atom is 0.271 e. The Labute approximate surface area is 254 Å². The first-order chi connectivity index (χ1) is 20.7. The number of rotatable bonds is 6. The van der Waals surface area contributed by atoms with E-state index in [9.17, 15) is 9.59 Å². The molecule has 7 nitrogen and oxygen atoms in total. The molecule has 0 spiro atoms. The van der Waals surface area contributed by atoms with Crippen molar-refractivity contribution in [3.63, 3.8) is 0 Å². The third-order valence-electron chi connectivity index (χ3n) is 7.94. The van der Waals surface area contributed by atoms with Crippen LogP contribution in [0.25, 0.3) is 17.0 Å². The second kappa shape index (κ2) is 11.2. The van der Waals surface area contributed by atoms with E-state index in [2.05, 4.69) is 42.1 Å². The summed E-state index contributed by atoms with van der Waals surface area (Å²) < 4.78 is 9.83. The number of fused-ring (bicyclic) bond motifs is 2. The van der Waals surface area contributed by atoms with Gasteiger partial charge in [-0.15, -0.1) is 0 Å². The Hall–Kier alpha value is -4.69. The van der Waals surface area contributed by atoms with Crippen molar-refractivity contribution in [3.8, 4) is 5.75 Å². The summed E-state index contributed by atoms with van der Waals surface area (Å²) >= 11 is 1.34. The number of methoxy groups -OCH3 is 1. The van der Waals surface area contributed by atoms with Crippen LogP contribution in [-0.2, 0) is 4.79 Å². The topological polar surface area (TPSA) is 77.6 Å². The van der Waals surface area contributed by atoms with Crippen LogP contribution in [0.1, 0.15) is 55.1 Å². The lowest BCUT2D eigenvalue weighted by atomic mass is 9.95. The molecule has 6 rings (SSSR count). The number of carbonyl (C=O) groups is 1. The number of hydrogen-bond acceptors (Lipinski definition) is 5. The monoisotopic (exact) mass is 590 g/mol. The maximum absolute atomic E-state index is 14.2. The molecule has 0 fully saturated rings. The molecule has 1 N–H and O–H groups in total. The van der Waals surface area contributed by atoms with Crippen LogP contribution in [0.2, 0.25) is 0 Å². The Bertz CT molecular complexity index is 2100. The highest BCUT2D eigenvalue weighted by molar-refractivity contribution is 7.07. The van der Waals surface area contributed by atoms with Gasteiger partial charge in [0.25, 0.3) is 11.5 Å². The van der Waals surface area contributed by atoms with Gasteiger partial charge in [-0.2, -0.15) is 0 Å². The van der Waals surface area contributed by atoms with Gasteiger partial charge in [-0.3, -0.25) is 14.2 Å². The van der Waals surface area contributed by atoms with E-state index in [1.54, 1.807) is 11.7 Å². The molecule has 0 saturated heterocycles. The summed E-state index contributed by atoms with van der Waals surface area (Å²) in [4.78, 5) is 33.6. The highest BCUT2D eigenvalue weighted by Crippen LogP contribution is 2.32. The second-order valence-electron chi connectivity index (χ2n) is 11.2. The third-order valence-corrected chi connectivity index (χ3v) is 8.93. The summed E-state index contributed by atoms with van der Waals surface area (Å²) in [6.45, 7) is 10.1. The number of nitrogens with zero attached hydrogens (tertiary/aromatic N) is 3. The summed E-state index contributed by atoms with van der Waals surface area (Å²) in [5.74, 6) is 0.406. The van der Waals surface area contributed by atoms with Crippen LogP contribution in [-0.4, -0.2) is 22.2 Å². The van der Waals surface area contributed by atoms with Gasteiger partial charge in [-0.25, -0.2) is 4.99 Å². The zero-order chi connectivity index (χ0) is 30.4. The standard InChI is InChI=1S/C35H34N4O3S/c1-20(2)38-19-25(27-9-7-8-10-29(27)38)18-30-34(41)39-32(24-12-14-26(42-6)15-13-24)31(23(5)36-35(39)43-30)33(40)37-28-16-11-21(3)17-22(28)4/h7-20,32H,1-6H3,(H,37,40)/b30-18-/t32-/m0/s1. The summed E-state index contributed by atoms with van der Waals surface area (Å²) in [6.07, 6.45) is 4.05. The Morgan fingerprint density at radius 2 is 1.79 bits per heavy atom. The fourth-order valence-electron chi connectivity index (χ4n) is 5.77. The van der Waals surface area contributed by atoms with Crippen molar-refractivity contribution < 1.29 is 9.53 Å². The summed E-state index contributed by atoms with van der Waals surface area (Å²) in [5.41, 5.74) is 6.51. The van der Waals surface area contributed by atoms with Gasteiger partial charge in [0, 0.05) is 34.4 Å². The Morgan fingerprint density at radius 3 is 2.49 bits per heavy atom. The first-order valence-corrected chi connectivity index (χ1v) is 15.1. The van der Waals surface area contributed by atoms with Crippen LogP contribution in [0.15, 0.2) is 94.0 Å². The molecule has 1 aliphatic rings. The fourth-order valence-corrected chi connectivity index (χ4v) is 6.81. The molecule has 0 unspecified atom stereocenters. The molecule has 218 valence electrons. The minimum Gasteiger partial charge on any atom is -0.497 e. The summed E-state index contributed by atoms with van der Waals surface area (Å²) in [5, 5.41) is 4.17. The number of hydrogen-bond donors (Lipinski definition) is 1. The number of anilines is 1. The number of aryl methyl sites for hydroxylation is 2. The van der Waals surface area contributed by atoms with Gasteiger partial charge in [0.2, 0.25) is 0 Å². The number of carbonyl (C=O) groups excluding carboxylic acids is 1. The molecule has 8 heteroatoms. The number of aromatic nitrogens is 2. The number of thiazole rings is 1. The van der Waals surface area contributed by atoms with E-state index in [0.717, 1.165) is 38.8 Å². The van der Waals surface area contributed by atoms with E-state index < -0.39 is 6.04 Å². The predicted octanol–water partition coefficient (Wildman–Crippen LogP) is 6.03. The van der Waals surface area contributed by atoms with Crippen molar-refractivity contribution in [2.45, 2.75) is 46.7 Å². The van der Waals surface area contributed by atoms with Crippen LogP contribution < -0.4 is 24.9 Å². The molecule has 2 aromatic heterocycles. The van der Waals surface area contributed by atoms with Gasteiger partial charge >= 0.3 is 0 Å². The van der Waals surface area contributed by atoms with Crippen LogP contribution in [0.5, 0.6) is 5.75 Å². The maximum atomic E-state index is 14.2. The largest absolute Gasteiger partial charge is 0.497 e. The highest BCUT2D eigenvalue weighted by Gasteiger charge is 2.32. The van der Waals surface area contributed by atoms with Crippen molar-refractivity contribution in [3.05, 3.63) is 126 Å². The van der Waals surface area contributed by atoms with Crippen LogP contribution in [0.4, 0.5) is 5.69 Å². The molecule has 3 heterocycles. The zero-order valence-electron chi connectivity index (χ0n) is 25.1.